The van der Waals surface area contributed by atoms with Crippen molar-refractivity contribution in [3.63, 3.8) is 0 Å². The number of likely N-dealkylation sites (tertiary alicyclic amines) is 1. The molecule has 3 aromatic rings. The first-order chi connectivity index (χ1) is 13.3. The van der Waals surface area contributed by atoms with Gasteiger partial charge in [-0.05, 0) is 50.1 Å². The van der Waals surface area contributed by atoms with Crippen LogP contribution in [0, 0.1) is 6.92 Å². The second-order valence-electron chi connectivity index (χ2n) is 7.10. The van der Waals surface area contributed by atoms with Crippen molar-refractivity contribution in [2.24, 2.45) is 0 Å². The highest BCUT2D eigenvalue weighted by Gasteiger charge is 2.36. The van der Waals surface area contributed by atoms with Crippen LogP contribution in [0.1, 0.15) is 41.5 Å². The van der Waals surface area contributed by atoms with Crippen molar-refractivity contribution in [2.45, 2.75) is 38.5 Å². The van der Waals surface area contributed by atoms with Crippen LogP contribution in [0.25, 0.3) is 5.65 Å². The van der Waals surface area contributed by atoms with Gasteiger partial charge in [0.15, 0.2) is 5.65 Å². The van der Waals surface area contributed by atoms with E-state index in [2.05, 4.69) is 15.0 Å². The molecule has 2 aromatic heterocycles. The molecule has 8 heteroatoms. The zero-order chi connectivity index (χ0) is 19.9. The zero-order valence-electron chi connectivity index (χ0n) is 15.7. The summed E-state index contributed by atoms with van der Waals surface area (Å²) in [7, 11) is 1.62. The van der Waals surface area contributed by atoms with Crippen molar-refractivity contribution in [2.75, 3.05) is 13.7 Å². The van der Waals surface area contributed by atoms with Crippen molar-refractivity contribution in [1.82, 2.24) is 19.5 Å². The molecule has 0 radical (unpaired) electrons. The molecule has 4 rings (SSSR count). The van der Waals surface area contributed by atoms with E-state index in [-0.39, 0.29) is 11.7 Å². The predicted octanol–water partition coefficient (Wildman–Crippen LogP) is 4.40. The van der Waals surface area contributed by atoms with Gasteiger partial charge in [-0.2, -0.15) is 18.3 Å². The van der Waals surface area contributed by atoms with Crippen LogP contribution in [0.2, 0.25) is 0 Å². The first kappa shape index (κ1) is 18.7. The maximum absolute atomic E-state index is 13.4. The Balaban J connectivity index is 1.64. The Morgan fingerprint density at radius 3 is 2.61 bits per heavy atom. The highest BCUT2D eigenvalue weighted by atomic mass is 19.4. The van der Waals surface area contributed by atoms with Crippen LogP contribution in [0.5, 0.6) is 5.75 Å². The zero-order valence-corrected chi connectivity index (χ0v) is 15.7. The number of ether oxygens (including phenoxy) is 1. The summed E-state index contributed by atoms with van der Waals surface area (Å²) >= 11 is 0. The number of methoxy groups -OCH3 is 1. The molecule has 1 aromatic carbocycles. The molecule has 1 fully saturated rings. The fraction of sp³-hybridized carbons (Fsp3) is 0.400. The highest BCUT2D eigenvalue weighted by molar-refractivity contribution is 5.43. The molecule has 0 spiro atoms. The number of hydrogen-bond acceptors (Lipinski definition) is 4. The molecule has 0 bridgehead atoms. The third-order valence-corrected chi connectivity index (χ3v) is 5.11. The molecule has 0 amide bonds. The Morgan fingerprint density at radius 2 is 1.93 bits per heavy atom. The molecule has 3 heterocycles. The lowest BCUT2D eigenvalue weighted by molar-refractivity contribution is -0.142. The van der Waals surface area contributed by atoms with E-state index >= 15 is 0 Å². The molecule has 1 atom stereocenters. The summed E-state index contributed by atoms with van der Waals surface area (Å²) in [4.78, 5) is 6.49. The first-order valence-electron chi connectivity index (χ1n) is 9.16. The number of nitrogens with zero attached hydrogens (tertiary/aromatic N) is 4. The van der Waals surface area contributed by atoms with Gasteiger partial charge in [-0.25, -0.2) is 9.50 Å². The van der Waals surface area contributed by atoms with E-state index in [0.29, 0.717) is 17.9 Å². The van der Waals surface area contributed by atoms with Gasteiger partial charge in [0, 0.05) is 18.3 Å². The second-order valence-corrected chi connectivity index (χ2v) is 7.10. The van der Waals surface area contributed by atoms with Gasteiger partial charge in [0.1, 0.15) is 11.4 Å². The summed E-state index contributed by atoms with van der Waals surface area (Å²) in [5, 5.41) is 4.29. The molecular formula is C20H21F3N4O. The first-order valence-corrected chi connectivity index (χ1v) is 9.16. The largest absolute Gasteiger partial charge is 0.497 e. The molecule has 0 N–H and O–H groups in total. The smallest absolute Gasteiger partial charge is 0.433 e. The number of rotatable bonds is 4. The van der Waals surface area contributed by atoms with Gasteiger partial charge in [0.05, 0.1) is 18.8 Å². The minimum Gasteiger partial charge on any atom is -0.497 e. The third-order valence-electron chi connectivity index (χ3n) is 5.11. The van der Waals surface area contributed by atoms with Crippen LogP contribution in [-0.4, -0.2) is 33.2 Å². The van der Waals surface area contributed by atoms with Gasteiger partial charge in [-0.3, -0.25) is 4.90 Å². The van der Waals surface area contributed by atoms with Crippen LogP contribution in [0.15, 0.2) is 36.4 Å². The number of aromatic nitrogens is 3. The summed E-state index contributed by atoms with van der Waals surface area (Å²) < 4.78 is 46.3. The average molecular weight is 390 g/mol. The maximum Gasteiger partial charge on any atom is 0.433 e. The topological polar surface area (TPSA) is 42.7 Å². The molecule has 0 unspecified atom stereocenters. The molecule has 0 saturated carbocycles. The Morgan fingerprint density at radius 1 is 1.18 bits per heavy atom. The summed E-state index contributed by atoms with van der Waals surface area (Å²) in [6, 6.07) is 10.5. The molecule has 1 aliphatic rings. The van der Waals surface area contributed by atoms with Crippen molar-refractivity contribution >= 4 is 5.65 Å². The van der Waals surface area contributed by atoms with Gasteiger partial charge >= 0.3 is 6.18 Å². The number of aryl methyl sites for hydroxylation is 1. The lowest BCUT2D eigenvalue weighted by Crippen LogP contribution is -2.23. The van der Waals surface area contributed by atoms with Crippen molar-refractivity contribution < 1.29 is 17.9 Å². The standard InChI is InChI=1S/C20H21F3N4O/c1-13-10-18(20(21,22)23)27-19(24-13)11-16(25-27)17-4-3-9-26(17)12-14-5-7-15(28-2)8-6-14/h5-8,10-11,17H,3-4,9,12H2,1-2H3/t17-/m0/s1. The van der Waals surface area contributed by atoms with Gasteiger partial charge in [-0.15, -0.1) is 0 Å². The van der Waals surface area contributed by atoms with Crippen LogP contribution >= 0.6 is 0 Å². The third kappa shape index (κ3) is 3.56. The molecule has 1 aliphatic heterocycles. The molecule has 148 valence electrons. The van der Waals surface area contributed by atoms with Gasteiger partial charge in [0.2, 0.25) is 0 Å². The molecule has 1 saturated heterocycles. The van der Waals surface area contributed by atoms with E-state index in [1.807, 2.05) is 24.3 Å². The average Bonchev–Trinajstić information content (AvgIpc) is 3.27. The van der Waals surface area contributed by atoms with Crippen molar-refractivity contribution in [3.05, 3.63) is 59.0 Å². The normalized spacial score (nSPS) is 18.1. The van der Waals surface area contributed by atoms with Gasteiger partial charge in [-0.1, -0.05) is 12.1 Å². The summed E-state index contributed by atoms with van der Waals surface area (Å²) in [5.41, 5.74) is 1.53. The van der Waals surface area contributed by atoms with E-state index in [1.165, 1.54) is 0 Å². The highest BCUT2D eigenvalue weighted by Crippen LogP contribution is 2.35. The minimum atomic E-state index is -4.48. The predicted molar refractivity (Wildman–Crippen MR) is 98.1 cm³/mol. The minimum absolute atomic E-state index is 0.0230. The van der Waals surface area contributed by atoms with Gasteiger partial charge in [0.25, 0.3) is 0 Å². The monoisotopic (exact) mass is 390 g/mol. The van der Waals surface area contributed by atoms with Crippen LogP contribution < -0.4 is 4.74 Å². The lowest BCUT2D eigenvalue weighted by atomic mass is 10.1. The number of halogens is 3. The fourth-order valence-corrected chi connectivity index (χ4v) is 3.80. The van der Waals surface area contributed by atoms with E-state index in [1.54, 1.807) is 20.1 Å². The number of hydrogen-bond donors (Lipinski definition) is 0. The summed E-state index contributed by atoms with van der Waals surface area (Å²) in [5.74, 6) is 0.795. The number of fused-ring (bicyclic) bond motifs is 1. The van der Waals surface area contributed by atoms with Gasteiger partial charge < -0.3 is 4.74 Å². The number of benzene rings is 1. The van der Waals surface area contributed by atoms with E-state index < -0.39 is 11.9 Å². The van der Waals surface area contributed by atoms with E-state index in [4.69, 9.17) is 4.74 Å². The fourth-order valence-electron chi connectivity index (χ4n) is 3.80. The van der Waals surface area contributed by atoms with Crippen LogP contribution in [0.4, 0.5) is 13.2 Å². The van der Waals surface area contributed by atoms with E-state index in [9.17, 15) is 13.2 Å². The molecule has 28 heavy (non-hydrogen) atoms. The molecular weight excluding hydrogens is 369 g/mol. The summed E-state index contributed by atoms with van der Waals surface area (Å²) in [6.07, 6.45) is -2.64. The lowest BCUT2D eigenvalue weighted by Gasteiger charge is -2.23. The Labute approximate surface area is 160 Å². The maximum atomic E-state index is 13.4. The van der Waals surface area contributed by atoms with E-state index in [0.717, 1.165) is 41.3 Å². The molecule has 5 nitrogen and oxygen atoms in total. The van der Waals surface area contributed by atoms with Crippen LogP contribution in [0.3, 0.4) is 0 Å². The van der Waals surface area contributed by atoms with Crippen LogP contribution in [-0.2, 0) is 12.7 Å². The Kier molecular flexibility index (Phi) is 4.74. The quantitative estimate of drug-likeness (QED) is 0.662. The van der Waals surface area contributed by atoms with Crippen molar-refractivity contribution in [3.8, 4) is 5.75 Å². The Bertz CT molecular complexity index is 982. The SMILES string of the molecule is COc1ccc(CN2CCC[C@H]2c2cc3nc(C)cc(C(F)(F)F)n3n2)cc1. The molecule has 0 aliphatic carbocycles. The second kappa shape index (κ2) is 7.09. The van der Waals surface area contributed by atoms with Crippen molar-refractivity contribution in [1.29, 1.82) is 0 Å². The number of alkyl halides is 3. The summed E-state index contributed by atoms with van der Waals surface area (Å²) in [6.45, 7) is 3.15. The Hall–Kier alpha value is -2.61.